The second-order valence-electron chi connectivity index (χ2n) is 3.61. The number of hydrogen-bond acceptors (Lipinski definition) is 1. The van der Waals surface area contributed by atoms with Crippen LogP contribution >= 0.6 is 0 Å². The van der Waals surface area contributed by atoms with Crippen LogP contribution < -0.4 is 5.73 Å². The van der Waals surface area contributed by atoms with Gasteiger partial charge in [-0.3, -0.25) is 0 Å². The van der Waals surface area contributed by atoms with Crippen molar-refractivity contribution in [2.45, 2.75) is 12.6 Å². The Balaban J connectivity index is 2.50. The summed E-state index contributed by atoms with van der Waals surface area (Å²) in [5.74, 6) is 0. The Hall–Kier alpha value is -1.41. The molecule has 0 spiro atoms. The Kier molecular flexibility index (Phi) is 2.97. The molecule has 2 rings (SSSR count). The lowest BCUT2D eigenvalue weighted by Crippen LogP contribution is -2.03. The van der Waals surface area contributed by atoms with Crippen molar-refractivity contribution in [2.75, 3.05) is 6.54 Å². The molecule has 0 aliphatic carbocycles. The highest BCUT2D eigenvalue weighted by molar-refractivity contribution is 5.85. The topological polar surface area (TPSA) is 26.0 Å². The highest BCUT2D eigenvalue weighted by Gasteiger charge is 2.11. The molecule has 78 valence electrons. The van der Waals surface area contributed by atoms with Crippen molar-refractivity contribution in [2.24, 2.45) is 5.73 Å². The van der Waals surface area contributed by atoms with Gasteiger partial charge in [0.2, 0.25) is 0 Å². The first-order chi connectivity index (χ1) is 7.33. The molecule has 0 aliphatic rings. The molecule has 2 heteroatoms. The Morgan fingerprint density at radius 2 is 1.80 bits per heavy atom. The molecule has 2 N–H and O–H groups in total. The Labute approximate surface area is 88.7 Å². The molecule has 0 radical (unpaired) electrons. The van der Waals surface area contributed by atoms with Crippen molar-refractivity contribution in [3.05, 3.63) is 48.0 Å². The first kappa shape index (κ1) is 10.1. The van der Waals surface area contributed by atoms with Gasteiger partial charge in [-0.05, 0) is 29.3 Å². The van der Waals surface area contributed by atoms with E-state index in [1.165, 1.54) is 0 Å². The molecule has 2 aromatic rings. The van der Waals surface area contributed by atoms with Gasteiger partial charge in [0, 0.05) is 0 Å². The summed E-state index contributed by atoms with van der Waals surface area (Å²) in [6.07, 6.45) is -0.574. The van der Waals surface area contributed by atoms with Crippen LogP contribution in [0.1, 0.15) is 18.2 Å². The fourth-order valence-electron chi connectivity index (χ4n) is 1.83. The van der Waals surface area contributed by atoms with Gasteiger partial charge >= 0.3 is 0 Å². The van der Waals surface area contributed by atoms with Gasteiger partial charge in [0.15, 0.2) is 0 Å². The zero-order chi connectivity index (χ0) is 10.7. The number of rotatable bonds is 3. The van der Waals surface area contributed by atoms with E-state index < -0.39 is 6.17 Å². The number of alkyl halides is 1. The quantitative estimate of drug-likeness (QED) is 0.814. The van der Waals surface area contributed by atoms with Crippen LogP contribution in [0.5, 0.6) is 0 Å². The van der Waals surface area contributed by atoms with Gasteiger partial charge in [-0.25, -0.2) is 4.39 Å². The molecule has 1 unspecified atom stereocenters. The third-order valence-corrected chi connectivity index (χ3v) is 2.58. The number of hydrogen-bond donors (Lipinski definition) is 1. The molecule has 0 bridgehead atoms. The molecule has 1 atom stereocenters. The number of fused-ring (bicyclic) bond motifs is 1. The smallest absolute Gasteiger partial charge is 0.127 e. The summed E-state index contributed by atoms with van der Waals surface area (Å²) >= 11 is 0. The predicted octanol–water partition coefficient (Wildman–Crippen LogP) is 3.20. The lowest BCUT2D eigenvalue weighted by molar-refractivity contribution is 0.330. The summed E-state index contributed by atoms with van der Waals surface area (Å²) in [6, 6.07) is 13.6. The zero-order valence-electron chi connectivity index (χ0n) is 8.49. The largest absolute Gasteiger partial charge is 0.330 e. The van der Waals surface area contributed by atoms with Crippen LogP contribution in [0, 0.1) is 0 Å². The number of nitrogens with two attached hydrogens (primary N) is 1. The lowest BCUT2D eigenvalue weighted by Gasteiger charge is -2.10. The zero-order valence-corrected chi connectivity index (χ0v) is 8.49. The first-order valence-electron chi connectivity index (χ1n) is 5.14. The van der Waals surface area contributed by atoms with Crippen LogP contribution in [0.2, 0.25) is 0 Å². The summed E-state index contributed by atoms with van der Waals surface area (Å²) in [6.45, 7) is 0.379. The fraction of sp³-hybridized carbons (Fsp3) is 0.231. The van der Waals surface area contributed by atoms with E-state index in [0.29, 0.717) is 13.0 Å². The third kappa shape index (κ3) is 2.00. The van der Waals surface area contributed by atoms with Gasteiger partial charge in [0.1, 0.15) is 6.17 Å². The fourth-order valence-corrected chi connectivity index (χ4v) is 1.83. The maximum absolute atomic E-state index is 13.8. The van der Waals surface area contributed by atoms with E-state index in [9.17, 15) is 4.39 Å². The summed E-state index contributed by atoms with van der Waals surface area (Å²) in [7, 11) is 0. The SMILES string of the molecule is NCCC(F)c1cccc2ccccc12. The molecule has 0 heterocycles. The minimum absolute atomic E-state index is 0.379. The normalized spacial score (nSPS) is 12.9. The molecule has 0 aliphatic heterocycles. The maximum atomic E-state index is 13.8. The maximum Gasteiger partial charge on any atom is 0.127 e. The second-order valence-corrected chi connectivity index (χ2v) is 3.61. The monoisotopic (exact) mass is 203 g/mol. The van der Waals surface area contributed by atoms with E-state index in [-0.39, 0.29) is 0 Å². The summed E-state index contributed by atoms with van der Waals surface area (Å²) in [5, 5.41) is 2.07. The van der Waals surface area contributed by atoms with Crippen molar-refractivity contribution < 1.29 is 4.39 Å². The van der Waals surface area contributed by atoms with Crippen molar-refractivity contribution in [3.63, 3.8) is 0 Å². The summed E-state index contributed by atoms with van der Waals surface area (Å²) < 4.78 is 13.8. The van der Waals surface area contributed by atoms with E-state index >= 15 is 0 Å². The third-order valence-electron chi connectivity index (χ3n) is 2.58. The molecule has 0 fully saturated rings. The Bertz CT molecular complexity index is 448. The van der Waals surface area contributed by atoms with E-state index in [1.54, 1.807) is 0 Å². The number of benzene rings is 2. The standard InChI is InChI=1S/C13H14FN/c14-13(8-9-15)12-7-3-5-10-4-1-2-6-11(10)12/h1-7,13H,8-9,15H2. The minimum Gasteiger partial charge on any atom is -0.330 e. The Morgan fingerprint density at radius 3 is 2.60 bits per heavy atom. The van der Waals surface area contributed by atoms with Crippen molar-refractivity contribution in [1.29, 1.82) is 0 Å². The van der Waals surface area contributed by atoms with Crippen molar-refractivity contribution in [1.82, 2.24) is 0 Å². The molecule has 0 aromatic heterocycles. The second kappa shape index (κ2) is 4.41. The highest BCUT2D eigenvalue weighted by Crippen LogP contribution is 2.28. The van der Waals surface area contributed by atoms with Gasteiger partial charge in [0.25, 0.3) is 0 Å². The average Bonchev–Trinajstić information content (AvgIpc) is 2.28. The van der Waals surface area contributed by atoms with Crippen molar-refractivity contribution in [3.8, 4) is 0 Å². The van der Waals surface area contributed by atoms with Crippen LogP contribution in [0.4, 0.5) is 4.39 Å². The molecule has 0 amide bonds. The summed E-state index contributed by atoms with van der Waals surface area (Å²) in [5.41, 5.74) is 6.12. The van der Waals surface area contributed by atoms with E-state index in [1.807, 2.05) is 42.5 Å². The highest BCUT2D eigenvalue weighted by atomic mass is 19.1. The van der Waals surface area contributed by atoms with Crippen molar-refractivity contribution >= 4 is 10.8 Å². The van der Waals surface area contributed by atoms with Crippen LogP contribution in [0.25, 0.3) is 10.8 Å². The average molecular weight is 203 g/mol. The van der Waals surface area contributed by atoms with Gasteiger partial charge in [-0.2, -0.15) is 0 Å². The molecule has 1 nitrogen and oxygen atoms in total. The van der Waals surface area contributed by atoms with Crippen LogP contribution in [0.15, 0.2) is 42.5 Å². The van der Waals surface area contributed by atoms with E-state index in [4.69, 9.17) is 5.73 Å². The molecular weight excluding hydrogens is 189 g/mol. The van der Waals surface area contributed by atoms with Crippen LogP contribution in [0.3, 0.4) is 0 Å². The van der Waals surface area contributed by atoms with Crippen LogP contribution in [-0.4, -0.2) is 6.54 Å². The Morgan fingerprint density at radius 1 is 1.07 bits per heavy atom. The molecule has 0 saturated carbocycles. The molecule has 0 saturated heterocycles. The first-order valence-corrected chi connectivity index (χ1v) is 5.14. The predicted molar refractivity (Wildman–Crippen MR) is 61.5 cm³/mol. The van der Waals surface area contributed by atoms with Gasteiger partial charge < -0.3 is 5.73 Å². The molecule has 15 heavy (non-hydrogen) atoms. The molecular formula is C13H14FN. The summed E-state index contributed by atoms with van der Waals surface area (Å²) in [4.78, 5) is 0. The molecule has 2 aromatic carbocycles. The lowest BCUT2D eigenvalue weighted by atomic mass is 10.00. The van der Waals surface area contributed by atoms with Crippen LogP contribution in [-0.2, 0) is 0 Å². The van der Waals surface area contributed by atoms with E-state index in [0.717, 1.165) is 16.3 Å². The van der Waals surface area contributed by atoms with Gasteiger partial charge in [-0.1, -0.05) is 42.5 Å². The van der Waals surface area contributed by atoms with Gasteiger partial charge in [0.05, 0.1) is 0 Å². The van der Waals surface area contributed by atoms with E-state index in [2.05, 4.69) is 0 Å². The van der Waals surface area contributed by atoms with Gasteiger partial charge in [-0.15, -0.1) is 0 Å². The number of halogens is 1. The minimum atomic E-state index is -0.957.